The number of carbonyl (C=O) groups is 4. The van der Waals surface area contributed by atoms with Crippen LogP contribution >= 0.6 is 0 Å². The summed E-state index contributed by atoms with van der Waals surface area (Å²) in [6.07, 6.45) is 1.72. The number of rotatable bonds is 16. The van der Waals surface area contributed by atoms with Crippen LogP contribution in [-0.4, -0.2) is 44.3 Å². The molecule has 8 nitrogen and oxygen atoms in total. The van der Waals surface area contributed by atoms with E-state index in [2.05, 4.69) is 0 Å². The minimum Gasteiger partial charge on any atom is -0.481 e. The molecule has 8 heteroatoms. The highest BCUT2D eigenvalue weighted by Crippen LogP contribution is 2.57. The SMILES string of the molecule is CCCCC(C(CC)C(=O)O)C(C(CC)C(=O)O)(C(CC)C(=O)O)C(CC)C(=O)O. The topological polar surface area (TPSA) is 149 Å². The van der Waals surface area contributed by atoms with E-state index in [0.717, 1.165) is 0 Å². The second kappa shape index (κ2) is 12.5. The van der Waals surface area contributed by atoms with E-state index in [1.165, 1.54) is 0 Å². The van der Waals surface area contributed by atoms with E-state index < -0.39 is 58.9 Å². The lowest BCUT2D eigenvalue weighted by atomic mass is 9.48. The van der Waals surface area contributed by atoms with Gasteiger partial charge in [-0.3, -0.25) is 19.2 Å². The zero-order chi connectivity index (χ0) is 23.6. The first kappa shape index (κ1) is 27.9. The summed E-state index contributed by atoms with van der Waals surface area (Å²) < 4.78 is 0. The molecule has 0 aromatic heterocycles. The average molecular weight is 431 g/mol. The molecule has 0 aromatic carbocycles. The zero-order valence-corrected chi connectivity index (χ0v) is 18.8. The summed E-state index contributed by atoms with van der Waals surface area (Å²) >= 11 is 0. The van der Waals surface area contributed by atoms with Crippen LogP contribution < -0.4 is 0 Å². The maximum Gasteiger partial charge on any atom is 0.307 e. The second-order valence-corrected chi connectivity index (χ2v) is 8.00. The molecule has 0 radical (unpaired) electrons. The van der Waals surface area contributed by atoms with Crippen LogP contribution in [0.5, 0.6) is 0 Å². The van der Waals surface area contributed by atoms with Gasteiger partial charge in [-0.1, -0.05) is 47.5 Å². The van der Waals surface area contributed by atoms with Crippen molar-refractivity contribution < 1.29 is 39.6 Å². The average Bonchev–Trinajstić information content (AvgIpc) is 2.64. The van der Waals surface area contributed by atoms with E-state index in [-0.39, 0.29) is 32.1 Å². The summed E-state index contributed by atoms with van der Waals surface area (Å²) in [5.74, 6) is -10.8. The zero-order valence-electron chi connectivity index (χ0n) is 18.8. The Hall–Kier alpha value is -2.12. The normalized spacial score (nSPS) is 18.4. The van der Waals surface area contributed by atoms with Gasteiger partial charge in [0, 0.05) is 5.41 Å². The summed E-state index contributed by atoms with van der Waals surface area (Å²) in [7, 11) is 0. The highest BCUT2D eigenvalue weighted by Gasteiger charge is 2.62. The standard InChI is InChI=1S/C22H38O8/c1-6-11-12-17(13(7-2)18(23)24)22(14(8-3)19(25)26,15(9-4)20(27)28)16(10-5)21(29)30/h13-17H,6-12H2,1-5H3,(H,23,24)(H,25,26)(H,27,28)(H,29,30). The fourth-order valence-electron chi connectivity index (χ4n) is 5.58. The summed E-state index contributed by atoms with van der Waals surface area (Å²) in [4.78, 5) is 49.3. The van der Waals surface area contributed by atoms with Crippen LogP contribution in [0.25, 0.3) is 0 Å². The van der Waals surface area contributed by atoms with Crippen molar-refractivity contribution in [3.05, 3.63) is 0 Å². The second-order valence-electron chi connectivity index (χ2n) is 8.00. The predicted octanol–water partition coefficient (Wildman–Crippen LogP) is 4.22. The molecule has 5 unspecified atom stereocenters. The first-order chi connectivity index (χ1) is 14.0. The quantitative estimate of drug-likeness (QED) is 0.284. The van der Waals surface area contributed by atoms with Crippen molar-refractivity contribution in [3.8, 4) is 0 Å². The highest BCUT2D eigenvalue weighted by atomic mass is 16.4. The summed E-state index contributed by atoms with van der Waals surface area (Å²) in [6, 6.07) is 0. The monoisotopic (exact) mass is 430 g/mol. The van der Waals surface area contributed by atoms with Gasteiger partial charge in [0.1, 0.15) is 0 Å². The molecule has 174 valence electrons. The smallest absolute Gasteiger partial charge is 0.307 e. The van der Waals surface area contributed by atoms with Crippen molar-refractivity contribution in [2.45, 2.75) is 79.6 Å². The molecule has 4 N–H and O–H groups in total. The molecule has 0 aliphatic heterocycles. The molecule has 5 atom stereocenters. The minimum absolute atomic E-state index is 0.0154. The first-order valence-electron chi connectivity index (χ1n) is 10.9. The Labute approximate surface area is 178 Å². The van der Waals surface area contributed by atoms with Crippen LogP contribution in [0.15, 0.2) is 0 Å². The lowest BCUT2D eigenvalue weighted by Gasteiger charge is -2.53. The summed E-state index contributed by atoms with van der Waals surface area (Å²) in [5, 5.41) is 40.2. The van der Waals surface area contributed by atoms with E-state index >= 15 is 0 Å². The molecule has 0 aliphatic rings. The molecule has 0 bridgehead atoms. The Morgan fingerprint density at radius 2 is 1.00 bits per heavy atom. The van der Waals surface area contributed by atoms with Crippen molar-refractivity contribution >= 4 is 23.9 Å². The third kappa shape index (κ3) is 5.52. The third-order valence-electron chi connectivity index (χ3n) is 6.68. The van der Waals surface area contributed by atoms with Crippen LogP contribution in [-0.2, 0) is 19.2 Å². The van der Waals surface area contributed by atoms with Crippen LogP contribution in [0.2, 0.25) is 0 Å². The van der Waals surface area contributed by atoms with Crippen LogP contribution in [0, 0.1) is 35.0 Å². The van der Waals surface area contributed by atoms with Gasteiger partial charge in [-0.05, 0) is 38.0 Å². The maximum absolute atomic E-state index is 12.4. The molecule has 0 aliphatic carbocycles. The fraction of sp³-hybridized carbons (Fsp3) is 0.818. The first-order valence-corrected chi connectivity index (χ1v) is 10.9. The van der Waals surface area contributed by atoms with Gasteiger partial charge in [-0.15, -0.1) is 0 Å². The van der Waals surface area contributed by atoms with Crippen molar-refractivity contribution in [3.63, 3.8) is 0 Å². The Bertz CT molecular complexity index is 545. The van der Waals surface area contributed by atoms with E-state index in [0.29, 0.717) is 12.8 Å². The minimum atomic E-state index is -1.74. The van der Waals surface area contributed by atoms with E-state index in [9.17, 15) is 39.6 Å². The van der Waals surface area contributed by atoms with Crippen LogP contribution in [0.4, 0.5) is 0 Å². The van der Waals surface area contributed by atoms with Gasteiger partial charge < -0.3 is 20.4 Å². The highest BCUT2D eigenvalue weighted by molar-refractivity contribution is 5.81. The maximum atomic E-state index is 12.4. The molecular weight excluding hydrogens is 392 g/mol. The summed E-state index contributed by atoms with van der Waals surface area (Å²) in [5.41, 5.74) is -1.74. The van der Waals surface area contributed by atoms with E-state index in [1.807, 2.05) is 6.92 Å². The van der Waals surface area contributed by atoms with Gasteiger partial charge in [0.2, 0.25) is 0 Å². The molecule has 0 saturated heterocycles. The molecule has 30 heavy (non-hydrogen) atoms. The number of hydrogen-bond acceptors (Lipinski definition) is 4. The number of hydrogen-bond donors (Lipinski definition) is 4. The Morgan fingerprint density at radius 1 is 0.633 bits per heavy atom. The van der Waals surface area contributed by atoms with Crippen molar-refractivity contribution in [2.75, 3.05) is 0 Å². The largest absolute Gasteiger partial charge is 0.481 e. The molecular formula is C22H38O8. The molecule has 0 amide bonds. The summed E-state index contributed by atoms with van der Waals surface area (Å²) in [6.45, 7) is 8.34. The number of carboxylic acids is 4. The third-order valence-corrected chi connectivity index (χ3v) is 6.68. The Kier molecular flexibility index (Phi) is 11.7. The van der Waals surface area contributed by atoms with Crippen molar-refractivity contribution in [2.24, 2.45) is 35.0 Å². The van der Waals surface area contributed by atoms with Gasteiger partial charge in [-0.2, -0.15) is 0 Å². The molecule has 0 heterocycles. The van der Waals surface area contributed by atoms with Gasteiger partial charge >= 0.3 is 23.9 Å². The lowest BCUT2D eigenvalue weighted by Crippen LogP contribution is -2.58. The van der Waals surface area contributed by atoms with Crippen LogP contribution in [0.3, 0.4) is 0 Å². The van der Waals surface area contributed by atoms with E-state index in [1.54, 1.807) is 27.7 Å². The Morgan fingerprint density at radius 3 is 1.20 bits per heavy atom. The number of aliphatic carboxylic acids is 4. The van der Waals surface area contributed by atoms with Crippen molar-refractivity contribution in [1.82, 2.24) is 0 Å². The predicted molar refractivity (Wildman–Crippen MR) is 111 cm³/mol. The van der Waals surface area contributed by atoms with Crippen LogP contribution in [0.1, 0.15) is 79.6 Å². The molecule has 0 rings (SSSR count). The van der Waals surface area contributed by atoms with Crippen molar-refractivity contribution in [1.29, 1.82) is 0 Å². The molecule has 0 fully saturated rings. The molecule has 0 aromatic rings. The molecule has 0 saturated carbocycles. The molecule has 0 spiro atoms. The number of carboxylic acid groups (broad SMARTS) is 4. The van der Waals surface area contributed by atoms with Gasteiger partial charge in [0.15, 0.2) is 0 Å². The van der Waals surface area contributed by atoms with Gasteiger partial charge in [0.25, 0.3) is 0 Å². The lowest BCUT2D eigenvalue weighted by molar-refractivity contribution is -0.185. The Balaban J connectivity index is 7.50. The van der Waals surface area contributed by atoms with Gasteiger partial charge in [0.05, 0.1) is 23.7 Å². The van der Waals surface area contributed by atoms with E-state index in [4.69, 9.17) is 0 Å². The number of unbranched alkanes of at least 4 members (excludes halogenated alkanes) is 1. The van der Waals surface area contributed by atoms with Gasteiger partial charge in [-0.25, -0.2) is 0 Å². The fourth-order valence-corrected chi connectivity index (χ4v) is 5.58.